The fourth-order valence-corrected chi connectivity index (χ4v) is 2.80. The Labute approximate surface area is 111 Å². The Balaban J connectivity index is 1.82. The van der Waals surface area contributed by atoms with Crippen LogP contribution in [-0.4, -0.2) is 28.3 Å². The molecule has 2 heterocycles. The van der Waals surface area contributed by atoms with Crippen molar-refractivity contribution in [2.75, 3.05) is 13.1 Å². The minimum atomic E-state index is -0.228. The smallest absolute Gasteiger partial charge is 0.139 e. The Morgan fingerprint density at radius 1 is 1.47 bits per heavy atom. The van der Waals surface area contributed by atoms with Crippen LogP contribution in [0, 0.1) is 16.7 Å². The van der Waals surface area contributed by atoms with Gasteiger partial charge in [-0.25, -0.2) is 4.63 Å². The monoisotopic (exact) mass is 256 g/mol. The van der Waals surface area contributed by atoms with Crippen LogP contribution in [-0.2, 0) is 6.54 Å². The predicted octanol–water partition coefficient (Wildman–Crippen LogP) is 2.35. The number of aromatic nitrogens is 2. The van der Waals surface area contributed by atoms with Crippen molar-refractivity contribution in [3.8, 4) is 6.07 Å². The molecule has 0 aliphatic carbocycles. The number of hydrogen-bond donors (Lipinski definition) is 0. The van der Waals surface area contributed by atoms with Crippen molar-refractivity contribution in [2.45, 2.75) is 26.3 Å². The lowest BCUT2D eigenvalue weighted by atomic mass is 9.83. The largest absolute Gasteiger partial charge is 0.297 e. The van der Waals surface area contributed by atoms with E-state index >= 15 is 0 Å². The highest BCUT2D eigenvalue weighted by Crippen LogP contribution is 2.29. The zero-order chi connectivity index (χ0) is 13.3. The summed E-state index contributed by atoms with van der Waals surface area (Å²) >= 11 is 0. The van der Waals surface area contributed by atoms with Gasteiger partial charge in [-0.05, 0) is 48.3 Å². The Hall–Kier alpha value is -1.93. The minimum Gasteiger partial charge on any atom is -0.297 e. The molecule has 1 aliphatic rings. The summed E-state index contributed by atoms with van der Waals surface area (Å²) in [6.07, 6.45) is 2.05. The van der Waals surface area contributed by atoms with Gasteiger partial charge in [-0.3, -0.25) is 4.90 Å². The predicted molar refractivity (Wildman–Crippen MR) is 70.0 cm³/mol. The summed E-state index contributed by atoms with van der Waals surface area (Å²) in [5, 5.41) is 17.1. The average Bonchev–Trinajstić information content (AvgIpc) is 2.88. The number of nitriles is 1. The number of hydrogen-bond acceptors (Lipinski definition) is 5. The molecule has 1 aliphatic heterocycles. The molecule has 0 amide bonds. The quantitative estimate of drug-likeness (QED) is 0.825. The maximum Gasteiger partial charge on any atom is 0.139 e. The average molecular weight is 256 g/mol. The first kappa shape index (κ1) is 12.1. The lowest BCUT2D eigenvalue weighted by molar-refractivity contribution is 0.137. The van der Waals surface area contributed by atoms with Crippen LogP contribution in [0.2, 0.25) is 0 Å². The van der Waals surface area contributed by atoms with E-state index in [1.54, 1.807) is 0 Å². The van der Waals surface area contributed by atoms with Gasteiger partial charge in [-0.2, -0.15) is 5.26 Å². The van der Waals surface area contributed by atoms with Crippen LogP contribution in [0.15, 0.2) is 22.8 Å². The van der Waals surface area contributed by atoms with E-state index in [9.17, 15) is 5.26 Å². The highest BCUT2D eigenvalue weighted by Gasteiger charge is 2.31. The van der Waals surface area contributed by atoms with Crippen molar-refractivity contribution < 1.29 is 4.63 Å². The maximum absolute atomic E-state index is 9.26. The number of likely N-dealkylation sites (tertiary alicyclic amines) is 1. The summed E-state index contributed by atoms with van der Waals surface area (Å²) in [6.45, 7) is 4.67. The molecule has 1 unspecified atom stereocenters. The second-order valence-corrected chi connectivity index (χ2v) is 5.54. The summed E-state index contributed by atoms with van der Waals surface area (Å²) in [4.78, 5) is 2.32. The van der Waals surface area contributed by atoms with Crippen molar-refractivity contribution in [2.24, 2.45) is 5.41 Å². The molecular formula is C14H16N4O. The van der Waals surface area contributed by atoms with Crippen molar-refractivity contribution in [1.82, 2.24) is 15.2 Å². The molecule has 1 saturated heterocycles. The molecule has 1 fully saturated rings. The van der Waals surface area contributed by atoms with Crippen LogP contribution in [0.5, 0.6) is 0 Å². The van der Waals surface area contributed by atoms with Gasteiger partial charge in [0.05, 0.1) is 11.5 Å². The van der Waals surface area contributed by atoms with Gasteiger partial charge in [0.1, 0.15) is 11.0 Å². The molecule has 5 heteroatoms. The van der Waals surface area contributed by atoms with E-state index in [1.165, 1.54) is 0 Å². The summed E-state index contributed by atoms with van der Waals surface area (Å²) in [5.74, 6) is 0. The third-order valence-electron chi connectivity index (χ3n) is 3.81. The van der Waals surface area contributed by atoms with E-state index in [0.717, 1.165) is 49.1 Å². The Bertz CT molecular complexity index is 630. The number of nitrogens with zero attached hydrogens (tertiary/aromatic N) is 4. The van der Waals surface area contributed by atoms with Gasteiger partial charge in [0.25, 0.3) is 0 Å². The molecule has 2 aromatic rings. The van der Waals surface area contributed by atoms with Crippen molar-refractivity contribution in [3.05, 3.63) is 23.8 Å². The van der Waals surface area contributed by atoms with Gasteiger partial charge >= 0.3 is 0 Å². The molecule has 0 bridgehead atoms. The molecule has 1 atom stereocenters. The standard InChI is InChI=1S/C14H16N4O/c1-14(9-15)6-3-7-18(10-14)8-11-4-2-5-12-13(11)17-19-16-12/h2,4-5H,3,6-8,10H2,1H3. The molecule has 0 N–H and O–H groups in total. The van der Waals surface area contributed by atoms with Crippen LogP contribution in [0.1, 0.15) is 25.3 Å². The van der Waals surface area contributed by atoms with Gasteiger partial charge in [0, 0.05) is 13.1 Å². The van der Waals surface area contributed by atoms with E-state index in [1.807, 2.05) is 25.1 Å². The SMILES string of the molecule is CC1(C#N)CCCN(Cc2cccc3nonc23)C1. The Morgan fingerprint density at radius 3 is 3.21 bits per heavy atom. The lowest BCUT2D eigenvalue weighted by Crippen LogP contribution is -2.40. The summed E-state index contributed by atoms with van der Waals surface area (Å²) in [6, 6.07) is 8.35. The zero-order valence-corrected chi connectivity index (χ0v) is 11.0. The third-order valence-corrected chi connectivity index (χ3v) is 3.81. The van der Waals surface area contributed by atoms with Gasteiger partial charge in [0.2, 0.25) is 0 Å². The van der Waals surface area contributed by atoms with E-state index in [-0.39, 0.29) is 5.41 Å². The second-order valence-electron chi connectivity index (χ2n) is 5.54. The van der Waals surface area contributed by atoms with Crippen molar-refractivity contribution >= 4 is 11.0 Å². The minimum absolute atomic E-state index is 0.228. The van der Waals surface area contributed by atoms with Gasteiger partial charge in [-0.15, -0.1) is 0 Å². The number of fused-ring (bicyclic) bond motifs is 1. The van der Waals surface area contributed by atoms with Crippen molar-refractivity contribution in [3.63, 3.8) is 0 Å². The molecular weight excluding hydrogens is 240 g/mol. The highest BCUT2D eigenvalue weighted by molar-refractivity contribution is 5.76. The van der Waals surface area contributed by atoms with Gasteiger partial charge < -0.3 is 0 Å². The molecule has 0 saturated carbocycles. The molecule has 0 spiro atoms. The number of benzene rings is 1. The van der Waals surface area contributed by atoms with E-state index in [2.05, 4.69) is 21.3 Å². The normalized spacial score (nSPS) is 24.4. The Morgan fingerprint density at radius 2 is 2.37 bits per heavy atom. The van der Waals surface area contributed by atoms with Crippen molar-refractivity contribution in [1.29, 1.82) is 5.26 Å². The fraction of sp³-hybridized carbons (Fsp3) is 0.500. The topological polar surface area (TPSA) is 66.0 Å². The van der Waals surface area contributed by atoms with E-state index in [4.69, 9.17) is 4.63 Å². The molecule has 0 radical (unpaired) electrons. The van der Waals surface area contributed by atoms with Crippen LogP contribution in [0.25, 0.3) is 11.0 Å². The molecule has 5 nitrogen and oxygen atoms in total. The summed E-state index contributed by atoms with van der Waals surface area (Å²) in [7, 11) is 0. The fourth-order valence-electron chi connectivity index (χ4n) is 2.80. The lowest BCUT2D eigenvalue weighted by Gasteiger charge is -2.35. The van der Waals surface area contributed by atoms with Crippen LogP contribution in [0.3, 0.4) is 0 Å². The van der Waals surface area contributed by atoms with Crippen LogP contribution < -0.4 is 0 Å². The number of rotatable bonds is 2. The van der Waals surface area contributed by atoms with E-state index < -0.39 is 0 Å². The zero-order valence-electron chi connectivity index (χ0n) is 11.0. The Kier molecular flexibility index (Phi) is 2.96. The van der Waals surface area contributed by atoms with E-state index in [0.29, 0.717) is 0 Å². The first-order chi connectivity index (χ1) is 9.20. The van der Waals surface area contributed by atoms with Gasteiger partial charge in [-0.1, -0.05) is 12.1 Å². The molecule has 1 aromatic carbocycles. The van der Waals surface area contributed by atoms with Gasteiger partial charge in [0.15, 0.2) is 0 Å². The number of piperidine rings is 1. The summed E-state index contributed by atoms with van der Waals surface area (Å²) in [5.41, 5.74) is 2.50. The first-order valence-electron chi connectivity index (χ1n) is 6.54. The molecule has 98 valence electrons. The molecule has 19 heavy (non-hydrogen) atoms. The molecule has 3 rings (SSSR count). The second kappa shape index (κ2) is 4.63. The highest BCUT2D eigenvalue weighted by atomic mass is 16.6. The summed E-state index contributed by atoms with van der Waals surface area (Å²) < 4.78 is 4.79. The van der Waals surface area contributed by atoms with Crippen LogP contribution in [0.4, 0.5) is 0 Å². The molecule has 1 aromatic heterocycles. The first-order valence-corrected chi connectivity index (χ1v) is 6.54. The third kappa shape index (κ3) is 2.32. The maximum atomic E-state index is 9.26. The van der Waals surface area contributed by atoms with Crippen LogP contribution >= 0.6 is 0 Å².